The van der Waals surface area contributed by atoms with Crippen LogP contribution in [0.3, 0.4) is 0 Å². The van der Waals surface area contributed by atoms with Gasteiger partial charge in [-0.15, -0.1) is 0 Å². The summed E-state index contributed by atoms with van der Waals surface area (Å²) < 4.78 is 10.5. The molecule has 1 unspecified atom stereocenters. The van der Waals surface area contributed by atoms with E-state index in [4.69, 9.17) is 14.6 Å². The molecule has 1 amide bonds. The normalized spacial score (nSPS) is 17.6. The molecule has 0 aliphatic carbocycles. The first kappa shape index (κ1) is 15.2. The number of benzene rings is 1. The van der Waals surface area contributed by atoms with Crippen molar-refractivity contribution >= 4 is 11.9 Å². The second-order valence-electron chi connectivity index (χ2n) is 4.95. The fourth-order valence-electron chi connectivity index (χ4n) is 2.48. The lowest BCUT2D eigenvalue weighted by molar-refractivity contribution is -0.140. The lowest BCUT2D eigenvalue weighted by Crippen LogP contribution is -2.39. The van der Waals surface area contributed by atoms with Crippen LogP contribution in [0.1, 0.15) is 19.3 Å². The van der Waals surface area contributed by atoms with E-state index in [1.807, 2.05) is 0 Å². The molecule has 6 heteroatoms. The van der Waals surface area contributed by atoms with Gasteiger partial charge < -0.3 is 19.5 Å². The Morgan fingerprint density at radius 2 is 1.95 bits per heavy atom. The first-order chi connectivity index (χ1) is 10.1. The first-order valence-corrected chi connectivity index (χ1v) is 6.88. The molecule has 1 fully saturated rings. The van der Waals surface area contributed by atoms with Crippen LogP contribution in [0.2, 0.25) is 0 Å². The molecule has 1 saturated heterocycles. The third kappa shape index (κ3) is 4.11. The average Bonchev–Trinajstić information content (AvgIpc) is 2.92. The van der Waals surface area contributed by atoms with Crippen LogP contribution in [0.5, 0.6) is 11.5 Å². The lowest BCUT2D eigenvalue weighted by Gasteiger charge is -2.23. The molecule has 0 bridgehead atoms. The van der Waals surface area contributed by atoms with Gasteiger partial charge in [0.05, 0.1) is 13.5 Å². The van der Waals surface area contributed by atoms with Crippen LogP contribution in [-0.2, 0) is 9.59 Å². The van der Waals surface area contributed by atoms with Gasteiger partial charge in [0.15, 0.2) is 6.61 Å². The van der Waals surface area contributed by atoms with E-state index in [9.17, 15) is 9.59 Å². The second-order valence-corrected chi connectivity index (χ2v) is 4.95. The van der Waals surface area contributed by atoms with Crippen LogP contribution in [0.15, 0.2) is 24.3 Å². The highest BCUT2D eigenvalue weighted by atomic mass is 16.5. The summed E-state index contributed by atoms with van der Waals surface area (Å²) in [7, 11) is 1.58. The number of carboxylic acid groups (broad SMARTS) is 1. The molecular weight excluding hydrogens is 274 g/mol. The molecule has 0 saturated carbocycles. The number of hydrogen-bond acceptors (Lipinski definition) is 4. The zero-order chi connectivity index (χ0) is 15.2. The van der Waals surface area contributed by atoms with Crippen molar-refractivity contribution in [2.45, 2.75) is 25.3 Å². The van der Waals surface area contributed by atoms with Crippen LogP contribution in [-0.4, -0.2) is 48.2 Å². The van der Waals surface area contributed by atoms with Gasteiger partial charge in [-0.25, -0.2) is 0 Å². The number of ether oxygens (including phenoxy) is 2. The van der Waals surface area contributed by atoms with Crippen LogP contribution >= 0.6 is 0 Å². The van der Waals surface area contributed by atoms with E-state index in [0.717, 1.165) is 18.6 Å². The Hall–Kier alpha value is -2.24. The number of aliphatic carboxylic acids is 1. The van der Waals surface area contributed by atoms with Crippen molar-refractivity contribution in [2.24, 2.45) is 0 Å². The van der Waals surface area contributed by atoms with Crippen molar-refractivity contribution in [2.75, 3.05) is 20.3 Å². The maximum Gasteiger partial charge on any atom is 0.305 e. The summed E-state index contributed by atoms with van der Waals surface area (Å²) in [6, 6.07) is 6.75. The summed E-state index contributed by atoms with van der Waals surface area (Å²) in [5, 5.41) is 8.85. The molecule has 6 nitrogen and oxygen atoms in total. The second kappa shape index (κ2) is 6.97. The maximum absolute atomic E-state index is 12.1. The van der Waals surface area contributed by atoms with Gasteiger partial charge in [0.2, 0.25) is 0 Å². The van der Waals surface area contributed by atoms with E-state index in [0.29, 0.717) is 12.3 Å². The SMILES string of the molecule is COc1ccc(OCC(=O)N2CCCC2CC(=O)O)cc1. The fraction of sp³-hybridized carbons (Fsp3) is 0.467. The minimum atomic E-state index is -0.879. The van der Waals surface area contributed by atoms with Gasteiger partial charge in [0, 0.05) is 12.6 Å². The number of rotatable bonds is 6. The van der Waals surface area contributed by atoms with Gasteiger partial charge in [0.25, 0.3) is 5.91 Å². The van der Waals surface area contributed by atoms with E-state index in [1.165, 1.54) is 0 Å². The van der Waals surface area contributed by atoms with E-state index in [2.05, 4.69) is 0 Å². The van der Waals surface area contributed by atoms with E-state index < -0.39 is 5.97 Å². The Kier molecular flexibility index (Phi) is 5.03. The Morgan fingerprint density at radius 3 is 2.57 bits per heavy atom. The molecule has 0 spiro atoms. The van der Waals surface area contributed by atoms with Gasteiger partial charge in [-0.05, 0) is 37.1 Å². The summed E-state index contributed by atoms with van der Waals surface area (Å²) in [5.41, 5.74) is 0. The van der Waals surface area contributed by atoms with Crippen molar-refractivity contribution < 1.29 is 24.2 Å². The number of nitrogens with zero attached hydrogens (tertiary/aromatic N) is 1. The van der Waals surface area contributed by atoms with Gasteiger partial charge in [-0.1, -0.05) is 0 Å². The van der Waals surface area contributed by atoms with E-state index >= 15 is 0 Å². The first-order valence-electron chi connectivity index (χ1n) is 6.88. The van der Waals surface area contributed by atoms with Crippen LogP contribution in [0.4, 0.5) is 0 Å². The molecule has 21 heavy (non-hydrogen) atoms. The Bertz CT molecular complexity index is 499. The van der Waals surface area contributed by atoms with Crippen molar-refractivity contribution in [1.29, 1.82) is 0 Å². The minimum Gasteiger partial charge on any atom is -0.497 e. The van der Waals surface area contributed by atoms with Gasteiger partial charge in [-0.3, -0.25) is 9.59 Å². The van der Waals surface area contributed by atoms with Gasteiger partial charge in [0.1, 0.15) is 11.5 Å². The highest BCUT2D eigenvalue weighted by molar-refractivity contribution is 5.79. The molecule has 1 aliphatic rings. The molecular formula is C15H19NO5. The third-order valence-corrected chi connectivity index (χ3v) is 3.53. The topological polar surface area (TPSA) is 76.1 Å². The van der Waals surface area contributed by atoms with E-state index in [-0.39, 0.29) is 25.0 Å². The number of amides is 1. The molecule has 0 aromatic heterocycles. The van der Waals surface area contributed by atoms with Crippen LogP contribution in [0, 0.1) is 0 Å². The van der Waals surface area contributed by atoms with E-state index in [1.54, 1.807) is 36.3 Å². The van der Waals surface area contributed by atoms with Crippen molar-refractivity contribution in [3.05, 3.63) is 24.3 Å². The largest absolute Gasteiger partial charge is 0.497 e. The summed E-state index contributed by atoms with van der Waals surface area (Å²) in [4.78, 5) is 24.5. The summed E-state index contributed by atoms with van der Waals surface area (Å²) in [6.07, 6.45) is 1.57. The zero-order valence-corrected chi connectivity index (χ0v) is 11.9. The van der Waals surface area contributed by atoms with Crippen molar-refractivity contribution in [1.82, 2.24) is 4.90 Å². The quantitative estimate of drug-likeness (QED) is 0.861. The highest BCUT2D eigenvalue weighted by Gasteiger charge is 2.30. The summed E-state index contributed by atoms with van der Waals surface area (Å²) in [5.74, 6) is 0.248. The molecule has 1 atom stereocenters. The number of carboxylic acids is 1. The van der Waals surface area contributed by atoms with Gasteiger partial charge in [-0.2, -0.15) is 0 Å². The van der Waals surface area contributed by atoms with Crippen LogP contribution < -0.4 is 9.47 Å². The fourth-order valence-corrected chi connectivity index (χ4v) is 2.48. The van der Waals surface area contributed by atoms with Crippen molar-refractivity contribution in [3.8, 4) is 11.5 Å². The number of hydrogen-bond donors (Lipinski definition) is 1. The average molecular weight is 293 g/mol. The number of likely N-dealkylation sites (tertiary alicyclic amines) is 1. The molecule has 1 N–H and O–H groups in total. The molecule has 1 heterocycles. The molecule has 2 rings (SSSR count). The molecule has 1 aromatic carbocycles. The zero-order valence-electron chi connectivity index (χ0n) is 11.9. The Morgan fingerprint density at radius 1 is 1.29 bits per heavy atom. The third-order valence-electron chi connectivity index (χ3n) is 3.53. The smallest absolute Gasteiger partial charge is 0.305 e. The van der Waals surface area contributed by atoms with Crippen molar-refractivity contribution in [3.63, 3.8) is 0 Å². The summed E-state index contributed by atoms with van der Waals surface area (Å²) in [6.45, 7) is 0.519. The Labute approximate surface area is 123 Å². The number of carbonyl (C=O) groups is 2. The number of methoxy groups -OCH3 is 1. The number of carbonyl (C=O) groups excluding carboxylic acids is 1. The molecule has 0 radical (unpaired) electrons. The maximum atomic E-state index is 12.1. The Balaban J connectivity index is 1.87. The molecule has 1 aliphatic heterocycles. The predicted molar refractivity (Wildman–Crippen MR) is 75.5 cm³/mol. The predicted octanol–water partition coefficient (Wildman–Crippen LogP) is 1.54. The van der Waals surface area contributed by atoms with Gasteiger partial charge >= 0.3 is 5.97 Å². The van der Waals surface area contributed by atoms with Crippen LogP contribution in [0.25, 0.3) is 0 Å². The monoisotopic (exact) mass is 293 g/mol. The molecule has 1 aromatic rings. The standard InChI is InChI=1S/C15H19NO5/c1-20-12-4-6-13(7-5-12)21-10-14(17)16-8-2-3-11(16)9-15(18)19/h4-7,11H,2-3,8-10H2,1H3,(H,18,19). The summed E-state index contributed by atoms with van der Waals surface area (Å²) >= 11 is 0. The minimum absolute atomic E-state index is 0.00568. The molecule has 114 valence electrons. The lowest BCUT2D eigenvalue weighted by atomic mass is 10.1. The highest BCUT2D eigenvalue weighted by Crippen LogP contribution is 2.21.